The zero-order chi connectivity index (χ0) is 25.7. The van der Waals surface area contributed by atoms with Gasteiger partial charge in [-0.25, -0.2) is 0 Å². The summed E-state index contributed by atoms with van der Waals surface area (Å²) in [5.74, 6) is -0.0561. The Hall–Kier alpha value is -2.71. The van der Waals surface area contributed by atoms with Crippen molar-refractivity contribution in [2.75, 3.05) is 23.5 Å². The van der Waals surface area contributed by atoms with Gasteiger partial charge in [-0.3, -0.25) is 19.8 Å². The van der Waals surface area contributed by atoms with Crippen LogP contribution in [0, 0.1) is 6.92 Å². The van der Waals surface area contributed by atoms with Gasteiger partial charge in [-0.15, -0.1) is 0 Å². The lowest BCUT2D eigenvalue weighted by Gasteiger charge is -2.47. The fourth-order valence-electron chi connectivity index (χ4n) is 5.32. The molecule has 35 heavy (non-hydrogen) atoms. The van der Waals surface area contributed by atoms with Crippen molar-refractivity contribution in [2.45, 2.75) is 52.5 Å². The van der Waals surface area contributed by atoms with Gasteiger partial charge >= 0.3 is 0 Å². The molecular formula is C27H30BrN3O3S. The molecule has 0 spiro atoms. The van der Waals surface area contributed by atoms with E-state index in [1.165, 1.54) is 10.5 Å². The molecule has 2 heterocycles. The molecule has 2 amide bonds. The Morgan fingerprint density at radius 1 is 1.23 bits per heavy atom. The van der Waals surface area contributed by atoms with Crippen molar-refractivity contribution in [3.63, 3.8) is 0 Å². The number of halogens is 1. The maximum atomic E-state index is 13.6. The van der Waals surface area contributed by atoms with Crippen LogP contribution >= 0.6 is 28.1 Å². The third kappa shape index (κ3) is 4.49. The van der Waals surface area contributed by atoms with E-state index in [1.807, 2.05) is 31.2 Å². The van der Waals surface area contributed by atoms with Gasteiger partial charge in [0.1, 0.15) is 11.3 Å². The molecule has 6 nitrogen and oxygen atoms in total. The summed E-state index contributed by atoms with van der Waals surface area (Å²) in [6.45, 7) is 11.6. The lowest BCUT2D eigenvalue weighted by atomic mass is 9.79. The molecule has 2 aliphatic heterocycles. The molecule has 0 radical (unpaired) electrons. The molecule has 8 heteroatoms. The Labute approximate surface area is 220 Å². The summed E-state index contributed by atoms with van der Waals surface area (Å²) in [6, 6.07) is 9.62. The molecule has 1 atom stereocenters. The molecule has 0 aliphatic carbocycles. The minimum Gasteiger partial charge on any atom is -0.496 e. The smallest absolute Gasteiger partial charge is 0.270 e. The fraction of sp³-hybridized carbons (Fsp3) is 0.370. The van der Waals surface area contributed by atoms with Crippen LogP contribution in [0.4, 0.5) is 11.4 Å². The van der Waals surface area contributed by atoms with Crippen molar-refractivity contribution in [1.82, 2.24) is 5.32 Å². The average molecular weight is 557 g/mol. The highest BCUT2D eigenvalue weighted by Gasteiger charge is 2.38. The van der Waals surface area contributed by atoms with Crippen LogP contribution in [-0.4, -0.2) is 36.1 Å². The largest absolute Gasteiger partial charge is 0.496 e. The first-order chi connectivity index (χ1) is 16.5. The molecule has 4 rings (SSSR count). The number of aryl methyl sites for hydroxylation is 1. The number of nitrogens with zero attached hydrogens (tertiary/aromatic N) is 2. The molecular weight excluding hydrogens is 526 g/mol. The zero-order valence-electron chi connectivity index (χ0n) is 20.9. The molecule has 2 aliphatic rings. The first-order valence-electron chi connectivity index (χ1n) is 11.7. The van der Waals surface area contributed by atoms with Crippen LogP contribution in [0.3, 0.4) is 0 Å². The number of carbonyl (C=O) groups is 2. The van der Waals surface area contributed by atoms with Crippen molar-refractivity contribution < 1.29 is 14.3 Å². The van der Waals surface area contributed by atoms with Crippen LogP contribution in [0.1, 0.15) is 56.7 Å². The zero-order valence-corrected chi connectivity index (χ0v) is 23.3. The predicted octanol–water partition coefficient (Wildman–Crippen LogP) is 5.71. The number of benzene rings is 2. The van der Waals surface area contributed by atoms with Crippen LogP contribution < -0.4 is 19.9 Å². The number of ether oxygens (including phenoxy) is 1. The normalized spacial score (nSPS) is 20.7. The summed E-state index contributed by atoms with van der Waals surface area (Å²) in [7, 11) is 1.60. The molecule has 0 saturated carbocycles. The Balaban J connectivity index is 1.82. The van der Waals surface area contributed by atoms with Crippen molar-refractivity contribution in [2.24, 2.45) is 0 Å². The van der Waals surface area contributed by atoms with Gasteiger partial charge in [0, 0.05) is 33.9 Å². The van der Waals surface area contributed by atoms with Crippen LogP contribution in [0.15, 0.2) is 40.4 Å². The lowest BCUT2D eigenvalue weighted by Crippen LogP contribution is -2.54. The number of nitrogens with one attached hydrogen (secondary N) is 1. The van der Waals surface area contributed by atoms with E-state index >= 15 is 0 Å². The molecule has 1 N–H and O–H groups in total. The van der Waals surface area contributed by atoms with Gasteiger partial charge in [0.2, 0.25) is 0 Å². The summed E-state index contributed by atoms with van der Waals surface area (Å²) in [4.78, 5) is 30.2. The number of hydrogen-bond donors (Lipinski definition) is 1. The first-order valence-corrected chi connectivity index (χ1v) is 12.9. The molecule has 1 fully saturated rings. The second-order valence-corrected chi connectivity index (χ2v) is 11.0. The number of fused-ring (bicyclic) bond motifs is 1. The minimum absolute atomic E-state index is 0.00955. The Morgan fingerprint density at radius 3 is 2.57 bits per heavy atom. The summed E-state index contributed by atoms with van der Waals surface area (Å²) in [6.07, 6.45) is 2.61. The van der Waals surface area contributed by atoms with E-state index < -0.39 is 11.8 Å². The predicted molar refractivity (Wildman–Crippen MR) is 148 cm³/mol. The van der Waals surface area contributed by atoms with Gasteiger partial charge in [0.15, 0.2) is 5.11 Å². The van der Waals surface area contributed by atoms with Gasteiger partial charge in [-0.05, 0) is 93.7 Å². The van der Waals surface area contributed by atoms with Crippen molar-refractivity contribution in [3.8, 4) is 5.75 Å². The Kier molecular flexibility index (Phi) is 6.81. The molecule has 1 unspecified atom stereocenters. The first kappa shape index (κ1) is 25.4. The maximum absolute atomic E-state index is 13.6. The molecule has 1 saturated heterocycles. The summed E-state index contributed by atoms with van der Waals surface area (Å²) >= 11 is 8.82. The van der Waals surface area contributed by atoms with E-state index in [-0.39, 0.29) is 16.2 Å². The maximum Gasteiger partial charge on any atom is 0.270 e. The topological polar surface area (TPSA) is 61.9 Å². The highest BCUT2D eigenvalue weighted by atomic mass is 79.9. The van der Waals surface area contributed by atoms with E-state index in [9.17, 15) is 9.59 Å². The van der Waals surface area contributed by atoms with Crippen LogP contribution in [0.25, 0.3) is 6.08 Å². The van der Waals surface area contributed by atoms with Gasteiger partial charge in [0.25, 0.3) is 11.8 Å². The SMILES string of the molecule is CCN1c2cc(OC)c(/C=C3/C(=O)NC(=S)N(c4ccc(Br)cc4C)C3=O)cc2C(C)CC1(C)C. The van der Waals surface area contributed by atoms with Crippen molar-refractivity contribution >= 4 is 62.5 Å². The van der Waals surface area contributed by atoms with Crippen LogP contribution in [0.5, 0.6) is 5.75 Å². The van der Waals surface area contributed by atoms with Crippen molar-refractivity contribution in [3.05, 3.63) is 57.1 Å². The third-order valence-electron chi connectivity index (χ3n) is 6.85. The number of amides is 2. The molecule has 2 aromatic carbocycles. The second-order valence-electron chi connectivity index (χ2n) is 9.70. The number of anilines is 2. The number of methoxy groups -OCH3 is 1. The van der Waals surface area contributed by atoms with Gasteiger partial charge < -0.3 is 9.64 Å². The van der Waals surface area contributed by atoms with Gasteiger partial charge in [0.05, 0.1) is 12.8 Å². The molecule has 184 valence electrons. The quantitative estimate of drug-likeness (QED) is 0.297. The van der Waals surface area contributed by atoms with E-state index in [0.29, 0.717) is 22.9 Å². The monoisotopic (exact) mass is 555 g/mol. The van der Waals surface area contributed by atoms with Gasteiger partial charge in [-0.2, -0.15) is 0 Å². The number of rotatable bonds is 4. The Bertz CT molecular complexity index is 1270. The standard InChI is InChI=1S/C27H30BrN3O3S/c1-7-30-22-13-23(34-6)17(11-19(22)16(3)14-27(30,4)5)12-20-24(32)29-26(35)31(25(20)33)21-9-8-18(28)10-15(21)2/h8-13,16H,7,14H2,1-6H3,(H,29,32,35)/b20-12-. The highest BCUT2D eigenvalue weighted by molar-refractivity contribution is 9.10. The fourth-order valence-corrected chi connectivity index (χ4v) is 6.07. The summed E-state index contributed by atoms with van der Waals surface area (Å²) in [5.41, 5.74) is 4.50. The third-order valence-corrected chi connectivity index (χ3v) is 7.63. The van der Waals surface area contributed by atoms with Crippen molar-refractivity contribution in [1.29, 1.82) is 0 Å². The molecule has 0 aromatic heterocycles. The number of carbonyl (C=O) groups excluding carboxylic acids is 2. The molecule has 0 bridgehead atoms. The number of thiocarbonyl (C=S) groups is 1. The van der Waals surface area contributed by atoms with E-state index in [2.05, 4.69) is 53.8 Å². The van der Waals surface area contributed by atoms with Crippen LogP contribution in [0.2, 0.25) is 0 Å². The lowest BCUT2D eigenvalue weighted by molar-refractivity contribution is -0.122. The van der Waals surface area contributed by atoms with Gasteiger partial charge in [-0.1, -0.05) is 22.9 Å². The second kappa shape index (κ2) is 9.39. The highest BCUT2D eigenvalue weighted by Crippen LogP contribution is 2.46. The van der Waals surface area contributed by atoms with Crippen LogP contribution in [-0.2, 0) is 9.59 Å². The summed E-state index contributed by atoms with van der Waals surface area (Å²) < 4.78 is 6.62. The summed E-state index contributed by atoms with van der Waals surface area (Å²) in [5, 5.41) is 2.74. The minimum atomic E-state index is -0.518. The Morgan fingerprint density at radius 2 is 1.94 bits per heavy atom. The number of hydrogen-bond acceptors (Lipinski definition) is 5. The van der Waals surface area contributed by atoms with E-state index in [0.717, 1.165) is 28.7 Å². The van der Waals surface area contributed by atoms with E-state index in [1.54, 1.807) is 19.3 Å². The van der Waals surface area contributed by atoms with E-state index in [4.69, 9.17) is 17.0 Å². The molecule has 2 aromatic rings. The average Bonchev–Trinajstić information content (AvgIpc) is 2.77.